The van der Waals surface area contributed by atoms with Gasteiger partial charge >= 0.3 is 6.03 Å². The van der Waals surface area contributed by atoms with Gasteiger partial charge in [0, 0.05) is 17.1 Å². The molecule has 0 bridgehead atoms. The molecule has 1 saturated heterocycles. The average molecular weight is 294 g/mol. The standard InChI is InChI=1S/C15H22N2O2S/c1-15(2,19)13-5-4-10-17(13)14(18)16-11-6-8-12(20-3)9-7-11/h6-9,13,19H,4-5,10H2,1-3H3,(H,16,18). The van der Waals surface area contributed by atoms with Crippen LogP contribution in [0.1, 0.15) is 26.7 Å². The van der Waals surface area contributed by atoms with Crippen LogP contribution in [0.3, 0.4) is 0 Å². The summed E-state index contributed by atoms with van der Waals surface area (Å²) in [6, 6.07) is 7.52. The minimum absolute atomic E-state index is 0.118. The number of thioether (sulfide) groups is 1. The molecule has 2 amide bonds. The van der Waals surface area contributed by atoms with E-state index in [0.29, 0.717) is 6.54 Å². The molecule has 1 fully saturated rings. The second-order valence-corrected chi connectivity index (χ2v) is 6.54. The van der Waals surface area contributed by atoms with E-state index in [1.54, 1.807) is 30.5 Å². The second-order valence-electron chi connectivity index (χ2n) is 5.66. The van der Waals surface area contributed by atoms with Crippen molar-refractivity contribution >= 4 is 23.5 Å². The molecule has 0 saturated carbocycles. The summed E-state index contributed by atoms with van der Waals surface area (Å²) in [6.45, 7) is 4.22. The minimum atomic E-state index is -0.865. The fourth-order valence-corrected chi connectivity index (χ4v) is 3.02. The maximum atomic E-state index is 12.3. The Morgan fingerprint density at radius 1 is 1.40 bits per heavy atom. The van der Waals surface area contributed by atoms with Crippen molar-refractivity contribution in [3.63, 3.8) is 0 Å². The zero-order valence-corrected chi connectivity index (χ0v) is 13.0. The van der Waals surface area contributed by atoms with Crippen molar-refractivity contribution < 1.29 is 9.90 Å². The van der Waals surface area contributed by atoms with Crippen molar-refractivity contribution in [1.29, 1.82) is 0 Å². The Hall–Kier alpha value is -1.20. The van der Waals surface area contributed by atoms with Crippen molar-refractivity contribution in [3.05, 3.63) is 24.3 Å². The summed E-state index contributed by atoms with van der Waals surface area (Å²) in [7, 11) is 0. The van der Waals surface area contributed by atoms with Crippen molar-refractivity contribution in [2.45, 2.75) is 43.2 Å². The van der Waals surface area contributed by atoms with Crippen LogP contribution in [0, 0.1) is 0 Å². The zero-order valence-electron chi connectivity index (χ0n) is 12.2. The number of urea groups is 1. The first-order chi connectivity index (χ1) is 9.41. The first kappa shape index (κ1) is 15.2. The van der Waals surface area contributed by atoms with Crippen molar-refractivity contribution in [2.75, 3.05) is 18.1 Å². The molecule has 0 spiro atoms. The van der Waals surface area contributed by atoms with Crippen LogP contribution < -0.4 is 5.32 Å². The van der Waals surface area contributed by atoms with Crippen LogP contribution in [0.5, 0.6) is 0 Å². The average Bonchev–Trinajstić information content (AvgIpc) is 2.89. The lowest BCUT2D eigenvalue weighted by Gasteiger charge is -2.33. The normalized spacial score (nSPS) is 19.2. The first-order valence-electron chi connectivity index (χ1n) is 6.86. The van der Waals surface area contributed by atoms with Gasteiger partial charge in [-0.05, 0) is 57.2 Å². The third-order valence-electron chi connectivity index (χ3n) is 3.67. The number of hydrogen-bond donors (Lipinski definition) is 2. The molecule has 0 aromatic heterocycles. The lowest BCUT2D eigenvalue weighted by molar-refractivity contribution is 0.0117. The SMILES string of the molecule is CSc1ccc(NC(=O)N2CCCC2C(C)(C)O)cc1. The number of carbonyl (C=O) groups is 1. The predicted molar refractivity (Wildman–Crippen MR) is 83.3 cm³/mol. The number of rotatable bonds is 3. The third kappa shape index (κ3) is 3.46. The molecule has 1 atom stereocenters. The van der Waals surface area contributed by atoms with Crippen molar-refractivity contribution in [2.24, 2.45) is 0 Å². The topological polar surface area (TPSA) is 52.6 Å². The van der Waals surface area contributed by atoms with E-state index in [2.05, 4.69) is 5.32 Å². The summed E-state index contributed by atoms with van der Waals surface area (Å²) < 4.78 is 0. The number of amides is 2. The fourth-order valence-electron chi connectivity index (χ4n) is 2.61. The van der Waals surface area contributed by atoms with Crippen LogP contribution in [0.2, 0.25) is 0 Å². The highest BCUT2D eigenvalue weighted by Crippen LogP contribution is 2.27. The predicted octanol–water partition coefficient (Wildman–Crippen LogP) is 3.18. The molecule has 1 aromatic carbocycles. The first-order valence-corrected chi connectivity index (χ1v) is 8.08. The Labute approximate surface area is 124 Å². The van der Waals surface area contributed by atoms with Crippen LogP contribution in [-0.4, -0.2) is 40.5 Å². The van der Waals surface area contributed by atoms with E-state index in [0.717, 1.165) is 18.5 Å². The molecule has 20 heavy (non-hydrogen) atoms. The summed E-state index contributed by atoms with van der Waals surface area (Å²) in [6.07, 6.45) is 3.81. The van der Waals surface area contributed by atoms with E-state index < -0.39 is 5.60 Å². The molecule has 1 heterocycles. The smallest absolute Gasteiger partial charge is 0.322 e. The highest BCUT2D eigenvalue weighted by atomic mass is 32.2. The summed E-state index contributed by atoms with van der Waals surface area (Å²) in [4.78, 5) is 15.2. The molecule has 110 valence electrons. The number of nitrogens with one attached hydrogen (secondary N) is 1. The van der Waals surface area contributed by atoms with Gasteiger partial charge in [0.25, 0.3) is 0 Å². The number of anilines is 1. The van der Waals surface area contributed by atoms with E-state index in [-0.39, 0.29) is 12.1 Å². The van der Waals surface area contributed by atoms with E-state index in [1.165, 1.54) is 4.90 Å². The number of aliphatic hydroxyl groups is 1. The molecule has 0 radical (unpaired) electrons. The van der Waals surface area contributed by atoms with Crippen molar-refractivity contribution in [1.82, 2.24) is 4.90 Å². The second kappa shape index (κ2) is 6.06. The van der Waals surface area contributed by atoms with Gasteiger partial charge in [0.1, 0.15) is 0 Å². The molecular formula is C15H22N2O2S. The molecule has 2 rings (SSSR count). The monoisotopic (exact) mass is 294 g/mol. The summed E-state index contributed by atoms with van der Waals surface area (Å²) in [5.41, 5.74) is -0.0782. The van der Waals surface area contributed by atoms with Gasteiger partial charge < -0.3 is 15.3 Å². The molecular weight excluding hydrogens is 272 g/mol. The lowest BCUT2D eigenvalue weighted by atomic mass is 9.97. The summed E-state index contributed by atoms with van der Waals surface area (Å²) >= 11 is 1.67. The van der Waals surface area contributed by atoms with E-state index in [4.69, 9.17) is 0 Å². The van der Waals surface area contributed by atoms with Crippen LogP contribution in [0.25, 0.3) is 0 Å². The highest BCUT2D eigenvalue weighted by Gasteiger charge is 2.38. The maximum absolute atomic E-state index is 12.3. The highest BCUT2D eigenvalue weighted by molar-refractivity contribution is 7.98. The van der Waals surface area contributed by atoms with Gasteiger partial charge in [0.2, 0.25) is 0 Å². The van der Waals surface area contributed by atoms with E-state index in [9.17, 15) is 9.90 Å². The van der Waals surface area contributed by atoms with Crippen LogP contribution in [-0.2, 0) is 0 Å². The van der Waals surface area contributed by atoms with Gasteiger partial charge in [0.15, 0.2) is 0 Å². The van der Waals surface area contributed by atoms with E-state index >= 15 is 0 Å². The molecule has 1 unspecified atom stereocenters. The van der Waals surface area contributed by atoms with Gasteiger partial charge in [0.05, 0.1) is 11.6 Å². The van der Waals surface area contributed by atoms with Crippen LogP contribution in [0.4, 0.5) is 10.5 Å². The number of hydrogen-bond acceptors (Lipinski definition) is 3. The number of benzene rings is 1. The largest absolute Gasteiger partial charge is 0.388 e. The molecule has 2 N–H and O–H groups in total. The van der Waals surface area contributed by atoms with Crippen LogP contribution in [0.15, 0.2) is 29.2 Å². The number of carbonyl (C=O) groups excluding carboxylic acids is 1. The van der Waals surface area contributed by atoms with Gasteiger partial charge in [-0.2, -0.15) is 0 Å². The molecule has 5 heteroatoms. The minimum Gasteiger partial charge on any atom is -0.388 e. The molecule has 0 aliphatic carbocycles. The molecule has 1 aliphatic rings. The van der Waals surface area contributed by atoms with Gasteiger partial charge in [-0.25, -0.2) is 4.79 Å². The quantitative estimate of drug-likeness (QED) is 0.842. The molecule has 1 aromatic rings. The van der Waals surface area contributed by atoms with E-state index in [1.807, 2.05) is 30.5 Å². The lowest BCUT2D eigenvalue weighted by Crippen LogP contribution is -2.49. The summed E-state index contributed by atoms with van der Waals surface area (Å²) in [5, 5.41) is 13.1. The fraction of sp³-hybridized carbons (Fsp3) is 0.533. The van der Waals surface area contributed by atoms with Crippen LogP contribution >= 0.6 is 11.8 Å². The Balaban J connectivity index is 2.03. The van der Waals surface area contributed by atoms with Gasteiger partial charge in [-0.3, -0.25) is 0 Å². The Bertz CT molecular complexity index is 468. The molecule has 1 aliphatic heterocycles. The summed E-state index contributed by atoms with van der Waals surface area (Å²) in [5.74, 6) is 0. The van der Waals surface area contributed by atoms with Gasteiger partial charge in [-0.15, -0.1) is 11.8 Å². The Morgan fingerprint density at radius 2 is 2.05 bits per heavy atom. The number of likely N-dealkylation sites (tertiary alicyclic amines) is 1. The zero-order chi connectivity index (χ0) is 14.8. The molecule has 4 nitrogen and oxygen atoms in total. The Kier molecular flexibility index (Phi) is 4.60. The Morgan fingerprint density at radius 3 is 2.60 bits per heavy atom. The third-order valence-corrected chi connectivity index (χ3v) is 4.41. The number of nitrogens with zero attached hydrogens (tertiary/aromatic N) is 1. The maximum Gasteiger partial charge on any atom is 0.322 e. The van der Waals surface area contributed by atoms with Gasteiger partial charge in [-0.1, -0.05) is 0 Å². The van der Waals surface area contributed by atoms with Crippen molar-refractivity contribution in [3.8, 4) is 0 Å².